The number of rotatable bonds is 55. The molecule has 4 nitrogen and oxygen atoms in total. The van der Waals surface area contributed by atoms with Gasteiger partial charge < -0.3 is 15.5 Å². The van der Waals surface area contributed by atoms with Crippen LogP contribution in [-0.2, 0) is 4.79 Å². The summed E-state index contributed by atoms with van der Waals surface area (Å²) in [6, 6.07) is -0.634. The second-order valence-electron chi connectivity index (χ2n) is 20.4. The minimum absolute atomic E-state index is 0.0693. The van der Waals surface area contributed by atoms with Gasteiger partial charge in [-0.1, -0.05) is 321 Å². The summed E-state index contributed by atoms with van der Waals surface area (Å²) < 4.78 is 0. The Labute approximate surface area is 402 Å². The predicted octanol–water partition coefficient (Wildman–Crippen LogP) is 19.5. The molecule has 0 radical (unpaired) electrons. The fourth-order valence-corrected chi connectivity index (χ4v) is 9.43. The van der Waals surface area contributed by atoms with Crippen LogP contribution in [0, 0.1) is 0 Å². The lowest BCUT2D eigenvalue weighted by Gasteiger charge is -2.19. The van der Waals surface area contributed by atoms with Crippen molar-refractivity contribution < 1.29 is 15.0 Å². The molecule has 2 atom stereocenters. The first-order valence-corrected chi connectivity index (χ1v) is 29.6. The number of hydrogen-bond donors (Lipinski definition) is 3. The smallest absolute Gasteiger partial charge is 0.220 e. The molecule has 64 heavy (non-hydrogen) atoms. The maximum absolute atomic E-state index is 12.4. The summed E-state index contributed by atoms with van der Waals surface area (Å²) in [5, 5.41) is 23.0. The molecular weight excluding hydrogens is 783 g/mol. The number of carbonyl (C=O) groups excluding carboxylic acids is 1. The van der Waals surface area contributed by atoms with E-state index in [2.05, 4.69) is 31.3 Å². The number of aliphatic hydroxyl groups excluding tert-OH is 2. The normalized spacial score (nSPS) is 12.9. The molecule has 1 amide bonds. The van der Waals surface area contributed by atoms with E-state index >= 15 is 0 Å². The SMILES string of the molecule is CCCCCCC/C=C/CC/C=C/C(O)C(CO)NC(=O)CCCCCCCCCCCCCCCCCCCCCCCCCCCCCCCCCCCCCCCCCCC. The molecule has 2 unspecified atom stereocenters. The van der Waals surface area contributed by atoms with Crippen LogP contribution in [-0.4, -0.2) is 34.9 Å². The summed E-state index contributed by atoms with van der Waals surface area (Å²) >= 11 is 0. The van der Waals surface area contributed by atoms with Gasteiger partial charge in [-0.05, 0) is 32.1 Å². The van der Waals surface area contributed by atoms with Crippen LogP contribution in [0.4, 0.5) is 0 Å². The molecule has 0 bridgehead atoms. The van der Waals surface area contributed by atoms with Gasteiger partial charge in [0.05, 0.1) is 18.8 Å². The molecule has 0 fully saturated rings. The fourth-order valence-electron chi connectivity index (χ4n) is 9.43. The molecule has 0 rings (SSSR count). The van der Waals surface area contributed by atoms with Crippen molar-refractivity contribution in [1.82, 2.24) is 5.32 Å². The van der Waals surface area contributed by atoms with E-state index in [0.717, 1.165) is 32.1 Å². The summed E-state index contributed by atoms with van der Waals surface area (Å²) in [6.45, 7) is 4.30. The Balaban J connectivity index is 3.32. The number of nitrogens with one attached hydrogen (secondary N) is 1. The van der Waals surface area contributed by atoms with Gasteiger partial charge in [0, 0.05) is 6.42 Å². The summed E-state index contributed by atoms with van der Waals surface area (Å²) in [5.41, 5.74) is 0. The third-order valence-electron chi connectivity index (χ3n) is 13.9. The van der Waals surface area contributed by atoms with Gasteiger partial charge in [-0.2, -0.15) is 0 Å². The van der Waals surface area contributed by atoms with Crippen LogP contribution in [0.15, 0.2) is 24.3 Å². The Morgan fingerprint density at radius 1 is 0.359 bits per heavy atom. The van der Waals surface area contributed by atoms with E-state index in [4.69, 9.17) is 0 Å². The zero-order valence-corrected chi connectivity index (χ0v) is 43.8. The predicted molar refractivity (Wildman–Crippen MR) is 286 cm³/mol. The minimum Gasteiger partial charge on any atom is -0.394 e. The lowest BCUT2D eigenvalue weighted by Crippen LogP contribution is -2.45. The average molecular weight is 901 g/mol. The van der Waals surface area contributed by atoms with E-state index in [0.29, 0.717) is 6.42 Å². The number of aliphatic hydroxyl groups is 2. The second kappa shape index (κ2) is 56.2. The molecule has 0 aromatic carbocycles. The van der Waals surface area contributed by atoms with Gasteiger partial charge in [0.1, 0.15) is 0 Å². The second-order valence-corrected chi connectivity index (χ2v) is 20.4. The van der Waals surface area contributed by atoms with Crippen LogP contribution in [0.1, 0.15) is 335 Å². The Morgan fingerprint density at radius 3 is 0.906 bits per heavy atom. The van der Waals surface area contributed by atoms with Gasteiger partial charge >= 0.3 is 0 Å². The monoisotopic (exact) mass is 900 g/mol. The molecule has 4 heteroatoms. The minimum atomic E-state index is -0.857. The van der Waals surface area contributed by atoms with E-state index in [1.54, 1.807) is 6.08 Å². The highest BCUT2D eigenvalue weighted by molar-refractivity contribution is 5.76. The molecule has 0 saturated heterocycles. The van der Waals surface area contributed by atoms with Crippen LogP contribution in [0.25, 0.3) is 0 Å². The highest BCUT2D eigenvalue weighted by Crippen LogP contribution is 2.18. The van der Waals surface area contributed by atoms with Crippen LogP contribution in [0.5, 0.6) is 0 Å². The summed E-state index contributed by atoms with van der Waals surface area (Å²) in [4.78, 5) is 12.4. The standard InChI is InChI=1S/C60H117NO3/c1-3-5-7-9-11-13-15-16-17-18-19-20-21-22-23-24-25-26-27-28-29-30-31-32-33-34-35-36-37-38-39-40-41-42-43-44-46-48-50-52-54-56-60(64)61-58(57-62)59(63)55-53-51-49-47-45-14-12-10-8-6-4-2/h45,47,53,55,58-59,62-63H,3-44,46,48-52,54,56-57H2,1-2H3,(H,61,64)/b47-45+,55-53+. The number of allylic oxidation sites excluding steroid dienone is 3. The molecule has 0 aliphatic heterocycles. The molecule has 0 saturated carbocycles. The van der Waals surface area contributed by atoms with E-state index in [1.165, 1.54) is 283 Å². The quantitative estimate of drug-likeness (QED) is 0.0421. The molecule has 380 valence electrons. The Kier molecular flexibility index (Phi) is 55.2. The fraction of sp³-hybridized carbons (Fsp3) is 0.917. The van der Waals surface area contributed by atoms with Gasteiger partial charge in [0.25, 0.3) is 0 Å². The summed E-state index contributed by atoms with van der Waals surface area (Å²) in [7, 11) is 0. The number of amides is 1. The first-order chi connectivity index (χ1) is 31.7. The third-order valence-corrected chi connectivity index (χ3v) is 13.9. The van der Waals surface area contributed by atoms with Crippen molar-refractivity contribution >= 4 is 5.91 Å². The van der Waals surface area contributed by atoms with Gasteiger partial charge in [-0.3, -0.25) is 4.79 Å². The topological polar surface area (TPSA) is 69.6 Å². The summed E-state index contributed by atoms with van der Waals surface area (Å²) in [5.74, 6) is -0.0693. The van der Waals surface area contributed by atoms with Crippen molar-refractivity contribution in [2.24, 2.45) is 0 Å². The molecule has 0 heterocycles. The molecule has 0 aromatic heterocycles. The zero-order valence-electron chi connectivity index (χ0n) is 43.8. The van der Waals surface area contributed by atoms with Gasteiger partial charge in [-0.15, -0.1) is 0 Å². The Bertz CT molecular complexity index is 932. The number of unbranched alkanes of at least 4 members (excludes halogenated alkanes) is 46. The van der Waals surface area contributed by atoms with Gasteiger partial charge in [0.15, 0.2) is 0 Å². The molecule has 3 N–H and O–H groups in total. The maximum atomic E-state index is 12.4. The lowest BCUT2D eigenvalue weighted by atomic mass is 10.0. The van der Waals surface area contributed by atoms with Crippen molar-refractivity contribution in [2.75, 3.05) is 6.61 Å². The molecule has 0 aliphatic carbocycles. The van der Waals surface area contributed by atoms with Crippen molar-refractivity contribution in [1.29, 1.82) is 0 Å². The maximum Gasteiger partial charge on any atom is 0.220 e. The van der Waals surface area contributed by atoms with E-state index in [1.807, 2.05) is 6.08 Å². The van der Waals surface area contributed by atoms with Crippen LogP contribution >= 0.6 is 0 Å². The largest absolute Gasteiger partial charge is 0.394 e. The molecule has 0 aromatic rings. The van der Waals surface area contributed by atoms with E-state index in [-0.39, 0.29) is 12.5 Å². The Morgan fingerprint density at radius 2 is 0.609 bits per heavy atom. The highest BCUT2D eigenvalue weighted by Gasteiger charge is 2.18. The first kappa shape index (κ1) is 62.9. The molecule has 0 spiro atoms. The van der Waals surface area contributed by atoms with Crippen LogP contribution in [0.2, 0.25) is 0 Å². The number of carbonyl (C=O) groups is 1. The van der Waals surface area contributed by atoms with Crippen molar-refractivity contribution in [3.63, 3.8) is 0 Å². The van der Waals surface area contributed by atoms with E-state index < -0.39 is 12.1 Å². The van der Waals surface area contributed by atoms with Gasteiger partial charge in [0.2, 0.25) is 5.91 Å². The highest BCUT2D eigenvalue weighted by atomic mass is 16.3. The van der Waals surface area contributed by atoms with Crippen molar-refractivity contribution in [3.05, 3.63) is 24.3 Å². The van der Waals surface area contributed by atoms with Crippen molar-refractivity contribution in [2.45, 2.75) is 347 Å². The average Bonchev–Trinajstić information content (AvgIpc) is 3.30. The van der Waals surface area contributed by atoms with E-state index in [9.17, 15) is 15.0 Å². The van der Waals surface area contributed by atoms with Crippen LogP contribution < -0.4 is 5.32 Å². The first-order valence-electron chi connectivity index (χ1n) is 29.6. The van der Waals surface area contributed by atoms with Gasteiger partial charge in [-0.25, -0.2) is 0 Å². The summed E-state index contributed by atoms with van der Waals surface area (Å²) in [6.07, 6.45) is 75.4. The molecular formula is C60H117NO3. The Hall–Kier alpha value is -1.13. The molecule has 0 aliphatic rings. The van der Waals surface area contributed by atoms with Crippen molar-refractivity contribution in [3.8, 4) is 0 Å². The third kappa shape index (κ3) is 51.8. The van der Waals surface area contributed by atoms with Crippen LogP contribution in [0.3, 0.4) is 0 Å². The lowest BCUT2D eigenvalue weighted by molar-refractivity contribution is -0.123. The zero-order chi connectivity index (χ0) is 46.3. The number of hydrogen-bond acceptors (Lipinski definition) is 3.